The molecule has 0 bridgehead atoms. The third kappa shape index (κ3) is 1.02. The molecule has 1 aromatic rings. The fraction of sp³-hybridized carbons (Fsp3) is 0.364. The SMILES string of the molecule is O=C1C[C@@H]2COc3ccccc3[C@@H]2O1. The summed E-state index contributed by atoms with van der Waals surface area (Å²) in [5, 5.41) is 0. The van der Waals surface area contributed by atoms with Crippen molar-refractivity contribution in [3.05, 3.63) is 29.8 Å². The van der Waals surface area contributed by atoms with Crippen LogP contribution in [0.25, 0.3) is 0 Å². The zero-order valence-electron chi connectivity index (χ0n) is 7.60. The zero-order chi connectivity index (χ0) is 9.54. The van der Waals surface area contributed by atoms with Crippen LogP contribution in [0, 0.1) is 5.92 Å². The number of carbonyl (C=O) groups is 1. The molecule has 2 aliphatic rings. The van der Waals surface area contributed by atoms with E-state index in [1.807, 2.05) is 24.3 Å². The van der Waals surface area contributed by atoms with Gasteiger partial charge in [-0.1, -0.05) is 18.2 Å². The second-order valence-corrected chi connectivity index (χ2v) is 3.72. The predicted molar refractivity (Wildman–Crippen MR) is 48.9 cm³/mol. The summed E-state index contributed by atoms with van der Waals surface area (Å²) in [6.45, 7) is 0.591. The Hall–Kier alpha value is -1.51. The Balaban J connectivity index is 2.05. The molecule has 0 spiro atoms. The summed E-state index contributed by atoms with van der Waals surface area (Å²) >= 11 is 0. The highest BCUT2D eigenvalue weighted by molar-refractivity contribution is 5.73. The molecule has 2 heterocycles. The second-order valence-electron chi connectivity index (χ2n) is 3.72. The van der Waals surface area contributed by atoms with Crippen LogP contribution in [-0.2, 0) is 9.53 Å². The third-order valence-electron chi connectivity index (χ3n) is 2.79. The van der Waals surface area contributed by atoms with Crippen LogP contribution in [0.15, 0.2) is 24.3 Å². The largest absolute Gasteiger partial charge is 0.493 e. The number of rotatable bonds is 0. The lowest BCUT2D eigenvalue weighted by Crippen LogP contribution is -2.22. The van der Waals surface area contributed by atoms with Crippen LogP contribution in [0.4, 0.5) is 0 Å². The molecule has 0 N–H and O–H groups in total. The minimum absolute atomic E-state index is 0.0764. The van der Waals surface area contributed by atoms with Crippen molar-refractivity contribution in [1.82, 2.24) is 0 Å². The van der Waals surface area contributed by atoms with Gasteiger partial charge in [-0.25, -0.2) is 0 Å². The summed E-state index contributed by atoms with van der Waals surface area (Å²) in [6, 6.07) is 7.75. The first-order valence-electron chi connectivity index (χ1n) is 4.76. The molecular formula is C11H10O3. The van der Waals surface area contributed by atoms with Gasteiger partial charge in [-0.3, -0.25) is 4.79 Å². The van der Waals surface area contributed by atoms with Gasteiger partial charge in [-0.2, -0.15) is 0 Å². The zero-order valence-corrected chi connectivity index (χ0v) is 7.60. The minimum Gasteiger partial charge on any atom is -0.493 e. The molecule has 0 aromatic heterocycles. The normalized spacial score (nSPS) is 28.7. The molecule has 1 aromatic carbocycles. The van der Waals surface area contributed by atoms with Crippen LogP contribution in [0.1, 0.15) is 18.1 Å². The van der Waals surface area contributed by atoms with Crippen LogP contribution < -0.4 is 4.74 Å². The van der Waals surface area contributed by atoms with E-state index in [2.05, 4.69) is 0 Å². The number of ether oxygens (including phenoxy) is 2. The molecule has 0 aliphatic carbocycles. The Labute approximate surface area is 81.6 Å². The summed E-state index contributed by atoms with van der Waals surface area (Å²) in [5.41, 5.74) is 1.01. The first-order valence-corrected chi connectivity index (χ1v) is 4.76. The average molecular weight is 190 g/mol. The molecule has 2 aliphatic heterocycles. The van der Waals surface area contributed by atoms with E-state index in [9.17, 15) is 4.79 Å². The number of carbonyl (C=O) groups excluding carboxylic acids is 1. The van der Waals surface area contributed by atoms with Gasteiger partial charge in [0.15, 0.2) is 0 Å². The second kappa shape index (κ2) is 2.74. The topological polar surface area (TPSA) is 35.5 Å². The van der Waals surface area contributed by atoms with Gasteiger partial charge in [0.05, 0.1) is 13.0 Å². The summed E-state index contributed by atoms with van der Waals surface area (Å²) in [5.74, 6) is 0.946. The maximum atomic E-state index is 11.1. The standard InChI is InChI=1S/C11H10O3/c12-10-5-7-6-13-9-4-2-1-3-8(9)11(7)14-10/h1-4,7,11H,5-6H2/t7-,11-/m1/s1. The summed E-state index contributed by atoms with van der Waals surface area (Å²) < 4.78 is 10.8. The van der Waals surface area contributed by atoms with E-state index in [0.29, 0.717) is 13.0 Å². The van der Waals surface area contributed by atoms with Gasteiger partial charge in [-0.15, -0.1) is 0 Å². The van der Waals surface area contributed by atoms with Crippen molar-refractivity contribution in [2.24, 2.45) is 5.92 Å². The molecule has 72 valence electrons. The van der Waals surface area contributed by atoms with Crippen molar-refractivity contribution < 1.29 is 14.3 Å². The van der Waals surface area contributed by atoms with E-state index < -0.39 is 0 Å². The third-order valence-corrected chi connectivity index (χ3v) is 2.79. The van der Waals surface area contributed by atoms with Crippen molar-refractivity contribution in [1.29, 1.82) is 0 Å². The van der Waals surface area contributed by atoms with E-state index >= 15 is 0 Å². The highest BCUT2D eigenvalue weighted by Crippen LogP contribution is 2.43. The fourth-order valence-electron chi connectivity index (χ4n) is 2.11. The molecule has 1 saturated heterocycles. The molecule has 14 heavy (non-hydrogen) atoms. The van der Waals surface area contributed by atoms with Crippen LogP contribution in [0.5, 0.6) is 5.75 Å². The van der Waals surface area contributed by atoms with E-state index in [1.165, 1.54) is 0 Å². The maximum absolute atomic E-state index is 11.1. The van der Waals surface area contributed by atoms with Crippen LogP contribution in [0.2, 0.25) is 0 Å². The predicted octanol–water partition coefficient (Wildman–Crippen LogP) is 1.68. The number of hydrogen-bond donors (Lipinski definition) is 0. The van der Waals surface area contributed by atoms with Gasteiger partial charge in [0, 0.05) is 11.5 Å². The first-order chi connectivity index (χ1) is 6.84. The maximum Gasteiger partial charge on any atom is 0.306 e. The Morgan fingerprint density at radius 3 is 3.07 bits per heavy atom. The monoisotopic (exact) mass is 190 g/mol. The minimum atomic E-state index is -0.111. The smallest absolute Gasteiger partial charge is 0.306 e. The Morgan fingerprint density at radius 2 is 2.14 bits per heavy atom. The Bertz CT molecular complexity index is 386. The number of esters is 1. The Morgan fingerprint density at radius 1 is 1.29 bits per heavy atom. The molecule has 3 rings (SSSR count). The van der Waals surface area contributed by atoms with Crippen molar-refractivity contribution in [2.75, 3.05) is 6.61 Å². The van der Waals surface area contributed by atoms with Crippen molar-refractivity contribution in [3.63, 3.8) is 0 Å². The van der Waals surface area contributed by atoms with E-state index in [0.717, 1.165) is 11.3 Å². The van der Waals surface area contributed by atoms with Gasteiger partial charge >= 0.3 is 5.97 Å². The number of hydrogen-bond acceptors (Lipinski definition) is 3. The molecule has 0 unspecified atom stereocenters. The average Bonchev–Trinajstić information content (AvgIpc) is 2.59. The quantitative estimate of drug-likeness (QED) is 0.584. The summed E-state index contributed by atoms with van der Waals surface area (Å²) in [7, 11) is 0. The van der Waals surface area contributed by atoms with Crippen molar-refractivity contribution in [3.8, 4) is 5.75 Å². The van der Waals surface area contributed by atoms with Crippen LogP contribution in [0.3, 0.4) is 0 Å². The van der Waals surface area contributed by atoms with Crippen LogP contribution in [-0.4, -0.2) is 12.6 Å². The molecule has 3 nitrogen and oxygen atoms in total. The molecule has 1 fully saturated rings. The highest BCUT2D eigenvalue weighted by atomic mass is 16.6. The molecular weight excluding hydrogens is 180 g/mol. The van der Waals surface area contributed by atoms with Gasteiger partial charge < -0.3 is 9.47 Å². The van der Waals surface area contributed by atoms with Crippen molar-refractivity contribution >= 4 is 5.97 Å². The lowest BCUT2D eigenvalue weighted by atomic mass is 9.93. The van der Waals surface area contributed by atoms with E-state index in [-0.39, 0.29) is 18.0 Å². The van der Waals surface area contributed by atoms with Gasteiger partial charge in [-0.05, 0) is 6.07 Å². The molecule has 0 radical (unpaired) electrons. The summed E-state index contributed by atoms with van der Waals surface area (Å²) in [4.78, 5) is 11.1. The van der Waals surface area contributed by atoms with E-state index in [4.69, 9.17) is 9.47 Å². The number of para-hydroxylation sites is 1. The molecule has 0 saturated carbocycles. The number of fused-ring (bicyclic) bond motifs is 3. The summed E-state index contributed by atoms with van der Waals surface area (Å²) in [6.07, 6.45) is 0.409. The first kappa shape index (κ1) is 7.85. The molecule has 2 atom stereocenters. The van der Waals surface area contributed by atoms with Crippen molar-refractivity contribution in [2.45, 2.75) is 12.5 Å². The number of benzene rings is 1. The fourth-order valence-corrected chi connectivity index (χ4v) is 2.11. The van der Waals surface area contributed by atoms with Gasteiger partial charge in [0.1, 0.15) is 11.9 Å². The van der Waals surface area contributed by atoms with Gasteiger partial charge in [0.25, 0.3) is 0 Å². The molecule has 3 heteroatoms. The molecule has 0 amide bonds. The van der Waals surface area contributed by atoms with Crippen LogP contribution >= 0.6 is 0 Å². The lowest BCUT2D eigenvalue weighted by molar-refractivity contribution is -0.142. The highest BCUT2D eigenvalue weighted by Gasteiger charge is 2.40. The Kier molecular flexibility index (Phi) is 1.54. The van der Waals surface area contributed by atoms with E-state index in [1.54, 1.807) is 0 Å². The lowest BCUT2D eigenvalue weighted by Gasteiger charge is -2.26. The van der Waals surface area contributed by atoms with Gasteiger partial charge in [0.2, 0.25) is 0 Å².